The first-order valence-corrected chi connectivity index (χ1v) is 20.7. The van der Waals surface area contributed by atoms with Crippen molar-refractivity contribution in [2.24, 2.45) is 23.7 Å². The van der Waals surface area contributed by atoms with E-state index in [4.69, 9.17) is 13.9 Å². The lowest BCUT2D eigenvalue weighted by atomic mass is 9.77. The van der Waals surface area contributed by atoms with E-state index in [2.05, 4.69) is 34.6 Å². The van der Waals surface area contributed by atoms with Gasteiger partial charge in [-0.15, -0.1) is 23.5 Å². The standard InChI is InChI=1S/C26H46O5S4Si/c1-6-36(7-2,8-3)31-24(21-17-32-12-9-26(21)29-10-11-30-26)20-16-33-15-19(23(20)28)22(27)18(4)25(5)34-13-14-35-25/h18-22,24,27H,6-17H2,1-5H3/t18-,19+,20-,21-,22-,24+/m0/s1. The van der Waals surface area contributed by atoms with Crippen LogP contribution in [0.3, 0.4) is 0 Å². The average Bonchev–Trinajstić information content (AvgIpc) is 3.56. The smallest absolute Gasteiger partial charge is 0.192 e. The maximum atomic E-state index is 14.3. The Hall–Kier alpha value is 1.13. The van der Waals surface area contributed by atoms with E-state index in [1.165, 1.54) is 0 Å². The summed E-state index contributed by atoms with van der Waals surface area (Å²) in [5.41, 5.74) is 0. The van der Waals surface area contributed by atoms with Gasteiger partial charge in [-0.3, -0.25) is 4.79 Å². The number of aliphatic hydroxyl groups is 1. The van der Waals surface area contributed by atoms with E-state index in [-0.39, 0.29) is 39.6 Å². The van der Waals surface area contributed by atoms with Crippen LogP contribution in [0, 0.1) is 23.7 Å². The second-order valence-electron chi connectivity index (χ2n) is 10.9. The fourth-order valence-corrected chi connectivity index (χ4v) is 15.1. The van der Waals surface area contributed by atoms with Gasteiger partial charge in [0.2, 0.25) is 0 Å². The molecule has 0 amide bonds. The van der Waals surface area contributed by atoms with Gasteiger partial charge in [-0.25, -0.2) is 0 Å². The molecular formula is C26H46O5S4Si. The molecule has 1 spiro atoms. The van der Waals surface area contributed by atoms with E-state index >= 15 is 0 Å². The third kappa shape index (κ3) is 5.92. The normalized spacial score (nSPS) is 33.1. The second-order valence-corrected chi connectivity index (χ2v) is 21.2. The molecule has 10 heteroatoms. The first-order valence-electron chi connectivity index (χ1n) is 13.9. The molecule has 4 aliphatic heterocycles. The number of carbonyl (C=O) groups is 1. The minimum atomic E-state index is -2.00. The SMILES string of the molecule is CC[Si](CC)(CC)O[C@H]([C@H]1CSC[C@H]([C@@H](O)[C@H](C)C2(C)SCCS2)C1=O)[C@@H]1CSCCC12OCCO2. The summed E-state index contributed by atoms with van der Waals surface area (Å²) in [6, 6.07) is 3.15. The summed E-state index contributed by atoms with van der Waals surface area (Å²) >= 11 is 7.63. The van der Waals surface area contributed by atoms with Crippen LogP contribution in [-0.4, -0.2) is 89.0 Å². The minimum Gasteiger partial charge on any atom is -0.413 e. The van der Waals surface area contributed by atoms with Gasteiger partial charge in [0.1, 0.15) is 5.78 Å². The number of rotatable bonds is 10. The van der Waals surface area contributed by atoms with Gasteiger partial charge in [-0.05, 0) is 30.8 Å². The van der Waals surface area contributed by atoms with Crippen molar-refractivity contribution in [2.45, 2.75) is 81.2 Å². The summed E-state index contributed by atoms with van der Waals surface area (Å²) in [5.74, 6) is 4.72. The number of ether oxygens (including phenoxy) is 2. The quantitative estimate of drug-likeness (QED) is 0.325. The van der Waals surface area contributed by atoms with E-state index in [1.807, 2.05) is 47.0 Å². The fourth-order valence-electron chi connectivity index (χ4n) is 6.38. The summed E-state index contributed by atoms with van der Waals surface area (Å²) in [7, 11) is -2.00. The van der Waals surface area contributed by atoms with E-state index in [9.17, 15) is 9.90 Å². The molecule has 0 aromatic carbocycles. The molecule has 0 aromatic heterocycles. The molecule has 4 rings (SSSR count). The summed E-state index contributed by atoms with van der Waals surface area (Å²) in [6.45, 7) is 12.4. The first-order chi connectivity index (χ1) is 17.2. The molecular weight excluding hydrogens is 549 g/mol. The van der Waals surface area contributed by atoms with Crippen molar-refractivity contribution in [3.8, 4) is 0 Å². The van der Waals surface area contributed by atoms with Gasteiger partial charge in [-0.2, -0.15) is 23.5 Å². The molecule has 36 heavy (non-hydrogen) atoms. The van der Waals surface area contributed by atoms with Crippen molar-refractivity contribution in [1.29, 1.82) is 0 Å². The van der Waals surface area contributed by atoms with E-state index < -0.39 is 20.2 Å². The molecule has 5 nitrogen and oxygen atoms in total. The molecule has 4 aliphatic rings. The van der Waals surface area contributed by atoms with Crippen molar-refractivity contribution >= 4 is 61.1 Å². The number of aliphatic hydroxyl groups excluding tert-OH is 1. The van der Waals surface area contributed by atoms with Crippen molar-refractivity contribution < 1.29 is 23.8 Å². The molecule has 4 saturated heterocycles. The maximum Gasteiger partial charge on any atom is 0.192 e. The van der Waals surface area contributed by atoms with Gasteiger partial charge >= 0.3 is 0 Å². The Labute approximate surface area is 236 Å². The molecule has 4 heterocycles. The lowest BCUT2D eigenvalue weighted by molar-refractivity contribution is -0.216. The zero-order chi connectivity index (χ0) is 26.0. The molecule has 0 unspecified atom stereocenters. The molecule has 1 N–H and O–H groups in total. The topological polar surface area (TPSA) is 65.0 Å². The van der Waals surface area contributed by atoms with Gasteiger partial charge in [0.05, 0.1) is 41.3 Å². The lowest BCUT2D eigenvalue weighted by Crippen LogP contribution is -2.59. The number of carbonyl (C=O) groups excluding carboxylic acids is 1. The van der Waals surface area contributed by atoms with Gasteiger partial charge in [0.15, 0.2) is 14.1 Å². The predicted molar refractivity (Wildman–Crippen MR) is 160 cm³/mol. The van der Waals surface area contributed by atoms with Crippen LogP contribution in [0.5, 0.6) is 0 Å². The van der Waals surface area contributed by atoms with Crippen LogP contribution in [-0.2, 0) is 18.7 Å². The highest BCUT2D eigenvalue weighted by atomic mass is 32.2. The molecule has 4 fully saturated rings. The third-order valence-electron chi connectivity index (χ3n) is 9.28. The molecule has 208 valence electrons. The van der Waals surface area contributed by atoms with Crippen LogP contribution in [0.4, 0.5) is 0 Å². The Kier molecular flexibility index (Phi) is 10.7. The second kappa shape index (κ2) is 12.8. The van der Waals surface area contributed by atoms with Gasteiger partial charge in [0.25, 0.3) is 0 Å². The Balaban J connectivity index is 1.63. The Morgan fingerprint density at radius 3 is 2.22 bits per heavy atom. The number of ketones is 1. The summed E-state index contributed by atoms with van der Waals surface area (Å²) < 4.78 is 19.9. The van der Waals surface area contributed by atoms with Crippen molar-refractivity contribution in [3.05, 3.63) is 0 Å². The minimum absolute atomic E-state index is 0.0303. The molecule has 0 aromatic rings. The number of hydrogen-bond acceptors (Lipinski definition) is 9. The van der Waals surface area contributed by atoms with Crippen molar-refractivity contribution in [2.75, 3.05) is 47.7 Å². The van der Waals surface area contributed by atoms with Crippen LogP contribution in [0.2, 0.25) is 18.1 Å². The van der Waals surface area contributed by atoms with Gasteiger partial charge < -0.3 is 19.0 Å². The van der Waals surface area contributed by atoms with E-state index in [0.29, 0.717) is 19.0 Å². The zero-order valence-corrected chi connectivity index (χ0v) is 26.9. The highest BCUT2D eigenvalue weighted by Gasteiger charge is 2.56. The molecule has 6 atom stereocenters. The van der Waals surface area contributed by atoms with Crippen LogP contribution in [0.25, 0.3) is 0 Å². The summed E-state index contributed by atoms with van der Waals surface area (Å²) in [6.07, 6.45) is 0.0136. The molecule has 0 bridgehead atoms. The monoisotopic (exact) mass is 594 g/mol. The highest BCUT2D eigenvalue weighted by molar-refractivity contribution is 8.21. The van der Waals surface area contributed by atoms with Crippen LogP contribution in [0.15, 0.2) is 0 Å². The number of thioether (sulfide) groups is 4. The number of Topliss-reactive ketones (excluding diaryl/α,β-unsaturated/α-hetero) is 1. The molecule has 0 aliphatic carbocycles. The van der Waals surface area contributed by atoms with Crippen LogP contribution >= 0.6 is 47.0 Å². The van der Waals surface area contributed by atoms with Gasteiger partial charge in [-0.1, -0.05) is 27.7 Å². The molecule has 0 saturated carbocycles. The molecule has 0 radical (unpaired) electrons. The third-order valence-corrected chi connectivity index (χ3v) is 19.9. The van der Waals surface area contributed by atoms with Gasteiger partial charge in [0, 0.05) is 47.0 Å². The maximum absolute atomic E-state index is 14.3. The summed E-state index contributed by atoms with van der Waals surface area (Å²) in [4.78, 5) is 14.3. The highest BCUT2D eigenvalue weighted by Crippen LogP contribution is 2.52. The van der Waals surface area contributed by atoms with Crippen molar-refractivity contribution in [3.63, 3.8) is 0 Å². The fraction of sp³-hybridized carbons (Fsp3) is 0.962. The first kappa shape index (κ1) is 30.1. The predicted octanol–water partition coefficient (Wildman–Crippen LogP) is 5.61. The number of hydrogen-bond donors (Lipinski definition) is 1. The average molecular weight is 595 g/mol. The largest absolute Gasteiger partial charge is 0.413 e. The van der Waals surface area contributed by atoms with E-state index in [0.717, 1.165) is 53.3 Å². The van der Waals surface area contributed by atoms with Crippen LogP contribution < -0.4 is 0 Å². The Morgan fingerprint density at radius 1 is 1.00 bits per heavy atom. The Bertz CT molecular complexity index is 734. The summed E-state index contributed by atoms with van der Waals surface area (Å²) in [5, 5.41) is 11.6. The Morgan fingerprint density at radius 2 is 1.61 bits per heavy atom. The van der Waals surface area contributed by atoms with Crippen LogP contribution in [0.1, 0.15) is 41.0 Å². The van der Waals surface area contributed by atoms with Crippen molar-refractivity contribution in [1.82, 2.24) is 0 Å². The zero-order valence-electron chi connectivity index (χ0n) is 22.7. The lowest BCUT2D eigenvalue weighted by Gasteiger charge is -2.49. The van der Waals surface area contributed by atoms with E-state index in [1.54, 1.807) is 0 Å².